The molecule has 100 valence electrons. The molecule has 1 aromatic heterocycles. The molecule has 0 saturated heterocycles. The van der Waals surface area contributed by atoms with Crippen molar-refractivity contribution < 1.29 is 9.47 Å². The number of nitrogens with one attached hydrogen (secondary N) is 1. The van der Waals surface area contributed by atoms with Gasteiger partial charge in [-0.3, -0.25) is 0 Å². The summed E-state index contributed by atoms with van der Waals surface area (Å²) in [7, 11) is 3.25. The lowest BCUT2D eigenvalue weighted by Crippen LogP contribution is -2.05. The van der Waals surface area contributed by atoms with Crippen LogP contribution in [0.5, 0.6) is 11.5 Å². The van der Waals surface area contributed by atoms with Crippen LogP contribution in [0.3, 0.4) is 0 Å². The SMILES string of the molecule is COc1ccc(N)cc1CNc1ncccc1OC. The Kier molecular flexibility index (Phi) is 4.07. The molecule has 0 saturated carbocycles. The first-order chi connectivity index (χ1) is 9.24. The van der Waals surface area contributed by atoms with E-state index in [1.807, 2.05) is 30.3 Å². The smallest absolute Gasteiger partial charge is 0.169 e. The van der Waals surface area contributed by atoms with E-state index in [0.29, 0.717) is 23.8 Å². The molecular formula is C14H17N3O2. The first-order valence-electron chi connectivity index (χ1n) is 5.90. The molecule has 0 aliphatic carbocycles. The van der Waals surface area contributed by atoms with E-state index in [2.05, 4.69) is 10.3 Å². The second-order valence-corrected chi connectivity index (χ2v) is 3.98. The number of rotatable bonds is 5. The Morgan fingerprint density at radius 2 is 1.95 bits per heavy atom. The minimum atomic E-state index is 0.557. The zero-order valence-electron chi connectivity index (χ0n) is 11.0. The Labute approximate surface area is 112 Å². The predicted octanol–water partition coefficient (Wildman–Crippen LogP) is 2.29. The number of nitrogen functional groups attached to an aromatic ring is 1. The minimum Gasteiger partial charge on any atom is -0.496 e. The van der Waals surface area contributed by atoms with Crippen molar-refractivity contribution in [2.45, 2.75) is 6.54 Å². The largest absolute Gasteiger partial charge is 0.496 e. The summed E-state index contributed by atoms with van der Waals surface area (Å²) in [5.41, 5.74) is 7.45. The van der Waals surface area contributed by atoms with Crippen LogP contribution in [0.2, 0.25) is 0 Å². The highest BCUT2D eigenvalue weighted by Gasteiger charge is 2.06. The molecule has 5 heteroatoms. The Morgan fingerprint density at radius 3 is 2.68 bits per heavy atom. The number of nitrogens with zero attached hydrogens (tertiary/aromatic N) is 1. The van der Waals surface area contributed by atoms with Crippen molar-refractivity contribution in [3.05, 3.63) is 42.1 Å². The van der Waals surface area contributed by atoms with Crippen molar-refractivity contribution in [3.63, 3.8) is 0 Å². The molecule has 0 spiro atoms. The van der Waals surface area contributed by atoms with Gasteiger partial charge < -0.3 is 20.5 Å². The predicted molar refractivity (Wildman–Crippen MR) is 75.5 cm³/mol. The van der Waals surface area contributed by atoms with Crippen LogP contribution in [-0.4, -0.2) is 19.2 Å². The van der Waals surface area contributed by atoms with Gasteiger partial charge >= 0.3 is 0 Å². The van der Waals surface area contributed by atoms with Crippen LogP contribution in [0, 0.1) is 0 Å². The number of benzene rings is 1. The molecule has 5 nitrogen and oxygen atoms in total. The second-order valence-electron chi connectivity index (χ2n) is 3.98. The molecular weight excluding hydrogens is 242 g/mol. The molecule has 3 N–H and O–H groups in total. The third-order valence-corrected chi connectivity index (χ3v) is 2.74. The van der Waals surface area contributed by atoms with Crippen LogP contribution in [0.15, 0.2) is 36.5 Å². The third-order valence-electron chi connectivity index (χ3n) is 2.74. The van der Waals surface area contributed by atoms with E-state index >= 15 is 0 Å². The topological polar surface area (TPSA) is 69.4 Å². The van der Waals surface area contributed by atoms with Crippen LogP contribution < -0.4 is 20.5 Å². The van der Waals surface area contributed by atoms with Crippen LogP contribution >= 0.6 is 0 Å². The standard InChI is InChI=1S/C14H17N3O2/c1-18-12-6-5-11(15)8-10(12)9-17-14-13(19-2)4-3-7-16-14/h3-8H,9,15H2,1-2H3,(H,16,17). The van der Waals surface area contributed by atoms with Gasteiger partial charge in [0.15, 0.2) is 11.6 Å². The summed E-state index contributed by atoms with van der Waals surface area (Å²) in [5, 5.41) is 3.21. The normalized spacial score (nSPS) is 10.0. The van der Waals surface area contributed by atoms with E-state index in [9.17, 15) is 0 Å². The van der Waals surface area contributed by atoms with E-state index in [1.54, 1.807) is 20.4 Å². The summed E-state index contributed by atoms with van der Waals surface area (Å²) in [6, 6.07) is 9.21. The number of methoxy groups -OCH3 is 2. The Bertz CT molecular complexity index is 558. The maximum Gasteiger partial charge on any atom is 0.169 e. The molecule has 0 bridgehead atoms. The molecule has 2 rings (SSSR count). The molecule has 2 aromatic rings. The highest BCUT2D eigenvalue weighted by atomic mass is 16.5. The molecule has 0 radical (unpaired) electrons. The van der Waals surface area contributed by atoms with Crippen molar-refractivity contribution in [2.24, 2.45) is 0 Å². The lowest BCUT2D eigenvalue weighted by atomic mass is 10.1. The van der Waals surface area contributed by atoms with Crippen LogP contribution in [0.1, 0.15) is 5.56 Å². The number of nitrogens with two attached hydrogens (primary N) is 1. The van der Waals surface area contributed by atoms with E-state index in [-0.39, 0.29) is 0 Å². The van der Waals surface area contributed by atoms with Crippen LogP contribution in [0.25, 0.3) is 0 Å². The average molecular weight is 259 g/mol. The summed E-state index contributed by atoms with van der Waals surface area (Å²) < 4.78 is 10.5. The zero-order valence-corrected chi connectivity index (χ0v) is 11.0. The number of pyridine rings is 1. The average Bonchev–Trinajstić information content (AvgIpc) is 2.45. The Morgan fingerprint density at radius 1 is 1.16 bits per heavy atom. The number of anilines is 2. The zero-order chi connectivity index (χ0) is 13.7. The maximum absolute atomic E-state index is 5.78. The molecule has 1 heterocycles. The van der Waals surface area contributed by atoms with Crippen LogP contribution in [-0.2, 0) is 6.54 Å². The van der Waals surface area contributed by atoms with Gasteiger partial charge in [-0.25, -0.2) is 4.98 Å². The number of hydrogen-bond acceptors (Lipinski definition) is 5. The fourth-order valence-electron chi connectivity index (χ4n) is 1.80. The Hall–Kier alpha value is -2.43. The third kappa shape index (κ3) is 3.07. The molecule has 0 aliphatic rings. The van der Waals surface area contributed by atoms with Gasteiger partial charge in [0, 0.05) is 24.0 Å². The van der Waals surface area contributed by atoms with Gasteiger partial charge in [-0.05, 0) is 30.3 Å². The fraction of sp³-hybridized carbons (Fsp3) is 0.214. The van der Waals surface area contributed by atoms with Crippen molar-refractivity contribution in [2.75, 3.05) is 25.3 Å². The van der Waals surface area contributed by atoms with Gasteiger partial charge in [-0.2, -0.15) is 0 Å². The van der Waals surface area contributed by atoms with Gasteiger partial charge in [0.1, 0.15) is 5.75 Å². The first-order valence-corrected chi connectivity index (χ1v) is 5.90. The number of ether oxygens (including phenoxy) is 2. The lowest BCUT2D eigenvalue weighted by Gasteiger charge is -2.12. The van der Waals surface area contributed by atoms with Crippen molar-refractivity contribution >= 4 is 11.5 Å². The fourth-order valence-corrected chi connectivity index (χ4v) is 1.80. The molecule has 0 aliphatic heterocycles. The first kappa shape index (κ1) is 13.0. The molecule has 1 aromatic carbocycles. The van der Waals surface area contributed by atoms with E-state index in [0.717, 1.165) is 11.3 Å². The quantitative estimate of drug-likeness (QED) is 0.806. The highest BCUT2D eigenvalue weighted by Crippen LogP contribution is 2.24. The summed E-state index contributed by atoms with van der Waals surface area (Å²) in [4.78, 5) is 4.23. The Balaban J connectivity index is 2.16. The lowest BCUT2D eigenvalue weighted by molar-refractivity contribution is 0.409. The summed E-state index contributed by atoms with van der Waals surface area (Å²) >= 11 is 0. The van der Waals surface area contributed by atoms with Gasteiger partial charge in [-0.1, -0.05) is 0 Å². The van der Waals surface area contributed by atoms with Gasteiger partial charge in [0.05, 0.1) is 14.2 Å². The molecule has 19 heavy (non-hydrogen) atoms. The number of hydrogen-bond donors (Lipinski definition) is 2. The van der Waals surface area contributed by atoms with Crippen molar-refractivity contribution in [1.29, 1.82) is 0 Å². The molecule has 0 atom stereocenters. The highest BCUT2D eigenvalue weighted by molar-refractivity contribution is 5.52. The summed E-state index contributed by atoms with van der Waals surface area (Å²) in [6.45, 7) is 0.557. The summed E-state index contributed by atoms with van der Waals surface area (Å²) in [6.07, 6.45) is 1.71. The van der Waals surface area contributed by atoms with Crippen molar-refractivity contribution in [1.82, 2.24) is 4.98 Å². The van der Waals surface area contributed by atoms with E-state index in [1.165, 1.54) is 0 Å². The van der Waals surface area contributed by atoms with Gasteiger partial charge in [-0.15, -0.1) is 0 Å². The van der Waals surface area contributed by atoms with E-state index < -0.39 is 0 Å². The minimum absolute atomic E-state index is 0.557. The number of aromatic nitrogens is 1. The second kappa shape index (κ2) is 5.95. The van der Waals surface area contributed by atoms with E-state index in [4.69, 9.17) is 15.2 Å². The maximum atomic E-state index is 5.78. The molecule has 0 amide bonds. The van der Waals surface area contributed by atoms with Gasteiger partial charge in [0.25, 0.3) is 0 Å². The molecule has 0 unspecified atom stereocenters. The monoisotopic (exact) mass is 259 g/mol. The van der Waals surface area contributed by atoms with Gasteiger partial charge in [0.2, 0.25) is 0 Å². The molecule has 0 fully saturated rings. The van der Waals surface area contributed by atoms with Crippen molar-refractivity contribution in [3.8, 4) is 11.5 Å². The van der Waals surface area contributed by atoms with Crippen LogP contribution in [0.4, 0.5) is 11.5 Å². The summed E-state index contributed by atoms with van der Waals surface area (Å²) in [5.74, 6) is 2.18.